The fourth-order valence-electron chi connectivity index (χ4n) is 2.38. The zero-order valence-electron chi connectivity index (χ0n) is 9.74. The predicted molar refractivity (Wildman–Crippen MR) is 61.4 cm³/mol. The Morgan fingerprint density at radius 2 is 2.17 bits per heavy atom. The van der Waals surface area contributed by atoms with Crippen LogP contribution in [-0.2, 0) is 14.2 Å². The largest absolute Gasteiger partial charge is 0.507 e. The molecule has 0 spiro atoms. The first kappa shape index (κ1) is 11.5. The second kappa shape index (κ2) is 4.59. The standard InChI is InChI=1S/C13H14O5/c14-9-4-2-1-3-8(9)13(15)18-11-7-17-10-5-6-16-12(10)11/h1-4,10-12,14H,5-7H2/t10-,11?,12+/m1/s1. The average molecular weight is 250 g/mol. The molecule has 1 unspecified atom stereocenters. The summed E-state index contributed by atoms with van der Waals surface area (Å²) >= 11 is 0. The molecule has 5 nitrogen and oxygen atoms in total. The Hall–Kier alpha value is -1.59. The molecule has 0 bridgehead atoms. The van der Waals surface area contributed by atoms with E-state index in [0.717, 1.165) is 6.42 Å². The summed E-state index contributed by atoms with van der Waals surface area (Å²) in [5.74, 6) is -0.622. The van der Waals surface area contributed by atoms with Gasteiger partial charge >= 0.3 is 5.97 Å². The molecule has 2 heterocycles. The highest BCUT2D eigenvalue weighted by Gasteiger charge is 2.44. The van der Waals surface area contributed by atoms with Crippen LogP contribution in [0.1, 0.15) is 16.8 Å². The summed E-state index contributed by atoms with van der Waals surface area (Å²) in [4.78, 5) is 11.9. The quantitative estimate of drug-likeness (QED) is 0.796. The highest BCUT2D eigenvalue weighted by molar-refractivity contribution is 5.92. The maximum atomic E-state index is 11.9. The normalized spacial score (nSPS) is 30.1. The van der Waals surface area contributed by atoms with E-state index in [1.54, 1.807) is 12.1 Å². The molecule has 1 aromatic rings. The maximum absolute atomic E-state index is 11.9. The predicted octanol–water partition coefficient (Wildman–Crippen LogP) is 1.11. The Bertz CT molecular complexity index is 458. The monoisotopic (exact) mass is 250 g/mol. The maximum Gasteiger partial charge on any atom is 0.342 e. The summed E-state index contributed by atoms with van der Waals surface area (Å²) in [6, 6.07) is 6.31. The lowest BCUT2D eigenvalue weighted by Gasteiger charge is -2.16. The third-order valence-electron chi connectivity index (χ3n) is 3.30. The number of hydrogen-bond donors (Lipinski definition) is 1. The summed E-state index contributed by atoms with van der Waals surface area (Å²) < 4.78 is 16.3. The van der Waals surface area contributed by atoms with Crippen LogP contribution >= 0.6 is 0 Å². The van der Waals surface area contributed by atoms with E-state index < -0.39 is 5.97 Å². The van der Waals surface area contributed by atoms with E-state index in [0.29, 0.717) is 13.2 Å². The first-order valence-corrected chi connectivity index (χ1v) is 5.98. The minimum atomic E-state index is -0.544. The van der Waals surface area contributed by atoms with Crippen molar-refractivity contribution in [3.05, 3.63) is 29.8 Å². The van der Waals surface area contributed by atoms with Crippen molar-refractivity contribution < 1.29 is 24.1 Å². The Morgan fingerprint density at radius 3 is 3.00 bits per heavy atom. The molecule has 1 aromatic carbocycles. The van der Waals surface area contributed by atoms with Crippen LogP contribution in [0.2, 0.25) is 0 Å². The van der Waals surface area contributed by atoms with Gasteiger partial charge in [0, 0.05) is 6.61 Å². The van der Waals surface area contributed by atoms with Crippen LogP contribution in [0.4, 0.5) is 0 Å². The van der Waals surface area contributed by atoms with Gasteiger partial charge in [0.15, 0.2) is 6.10 Å². The number of ether oxygens (including phenoxy) is 3. The second-order valence-electron chi connectivity index (χ2n) is 4.46. The third kappa shape index (κ3) is 1.95. The molecule has 96 valence electrons. The van der Waals surface area contributed by atoms with Crippen molar-refractivity contribution in [2.75, 3.05) is 13.2 Å². The van der Waals surface area contributed by atoms with Crippen molar-refractivity contribution in [1.29, 1.82) is 0 Å². The van der Waals surface area contributed by atoms with Gasteiger partial charge in [-0.2, -0.15) is 0 Å². The second-order valence-corrected chi connectivity index (χ2v) is 4.46. The molecule has 3 atom stereocenters. The van der Waals surface area contributed by atoms with Crippen LogP contribution in [0.25, 0.3) is 0 Å². The Labute approximate surface area is 104 Å². The fraction of sp³-hybridized carbons (Fsp3) is 0.462. The first-order chi connectivity index (χ1) is 8.75. The van der Waals surface area contributed by atoms with Crippen LogP contribution in [-0.4, -0.2) is 42.6 Å². The SMILES string of the molecule is O=C(OC1CO[C@@H]2CCO[C@H]12)c1ccccc1O. The van der Waals surface area contributed by atoms with E-state index >= 15 is 0 Å². The average Bonchev–Trinajstić information content (AvgIpc) is 2.94. The number of carbonyl (C=O) groups excluding carboxylic acids is 1. The van der Waals surface area contributed by atoms with E-state index in [9.17, 15) is 9.90 Å². The van der Waals surface area contributed by atoms with Gasteiger partial charge in [-0.05, 0) is 18.6 Å². The van der Waals surface area contributed by atoms with E-state index in [1.165, 1.54) is 12.1 Å². The van der Waals surface area contributed by atoms with Crippen molar-refractivity contribution in [2.24, 2.45) is 0 Å². The number of para-hydroxylation sites is 1. The topological polar surface area (TPSA) is 65.0 Å². The van der Waals surface area contributed by atoms with Crippen LogP contribution in [0, 0.1) is 0 Å². The molecular formula is C13H14O5. The lowest BCUT2D eigenvalue weighted by Crippen LogP contribution is -2.32. The molecule has 5 heteroatoms. The van der Waals surface area contributed by atoms with Crippen molar-refractivity contribution in [2.45, 2.75) is 24.7 Å². The zero-order chi connectivity index (χ0) is 12.5. The Balaban J connectivity index is 1.70. The molecule has 2 fully saturated rings. The number of hydrogen-bond acceptors (Lipinski definition) is 5. The number of esters is 1. The summed E-state index contributed by atoms with van der Waals surface area (Å²) in [6.45, 7) is 0.995. The van der Waals surface area contributed by atoms with E-state index in [-0.39, 0.29) is 29.6 Å². The molecule has 18 heavy (non-hydrogen) atoms. The molecule has 3 rings (SSSR count). The molecular weight excluding hydrogens is 236 g/mol. The molecule has 0 aliphatic carbocycles. The number of carbonyl (C=O) groups is 1. The summed E-state index contributed by atoms with van der Waals surface area (Å²) in [7, 11) is 0. The number of aromatic hydroxyl groups is 1. The van der Waals surface area contributed by atoms with Gasteiger partial charge in [-0.25, -0.2) is 4.79 Å². The highest BCUT2D eigenvalue weighted by Crippen LogP contribution is 2.29. The Kier molecular flexibility index (Phi) is 2.93. The van der Waals surface area contributed by atoms with Gasteiger partial charge < -0.3 is 19.3 Å². The molecule has 2 aliphatic rings. The van der Waals surface area contributed by atoms with Gasteiger partial charge in [0.05, 0.1) is 12.7 Å². The van der Waals surface area contributed by atoms with Crippen LogP contribution < -0.4 is 0 Å². The van der Waals surface area contributed by atoms with Crippen molar-refractivity contribution in [3.8, 4) is 5.75 Å². The van der Waals surface area contributed by atoms with E-state index in [2.05, 4.69) is 0 Å². The smallest absolute Gasteiger partial charge is 0.342 e. The molecule has 2 aliphatic heterocycles. The number of phenols is 1. The molecule has 0 amide bonds. The molecule has 0 radical (unpaired) electrons. The number of fused-ring (bicyclic) bond motifs is 1. The van der Waals surface area contributed by atoms with Gasteiger partial charge in [-0.3, -0.25) is 0 Å². The number of rotatable bonds is 2. The summed E-state index contributed by atoms with van der Waals surface area (Å²) in [5.41, 5.74) is 0.166. The summed E-state index contributed by atoms with van der Waals surface area (Å²) in [6.07, 6.45) is 0.326. The third-order valence-corrected chi connectivity index (χ3v) is 3.30. The lowest BCUT2D eigenvalue weighted by molar-refractivity contribution is -0.0149. The molecule has 2 saturated heterocycles. The van der Waals surface area contributed by atoms with Crippen LogP contribution in [0.3, 0.4) is 0 Å². The summed E-state index contributed by atoms with van der Waals surface area (Å²) in [5, 5.41) is 9.58. The van der Waals surface area contributed by atoms with Crippen molar-refractivity contribution in [3.63, 3.8) is 0 Å². The minimum Gasteiger partial charge on any atom is -0.507 e. The van der Waals surface area contributed by atoms with Gasteiger partial charge in [0.25, 0.3) is 0 Å². The molecule has 0 saturated carbocycles. The number of benzene rings is 1. The van der Waals surface area contributed by atoms with Gasteiger partial charge in [0.1, 0.15) is 17.4 Å². The fourth-order valence-corrected chi connectivity index (χ4v) is 2.38. The van der Waals surface area contributed by atoms with Gasteiger partial charge in [0.2, 0.25) is 0 Å². The highest BCUT2D eigenvalue weighted by atomic mass is 16.6. The van der Waals surface area contributed by atoms with Crippen molar-refractivity contribution in [1.82, 2.24) is 0 Å². The van der Waals surface area contributed by atoms with Crippen LogP contribution in [0.5, 0.6) is 5.75 Å². The van der Waals surface area contributed by atoms with E-state index in [1.807, 2.05) is 0 Å². The van der Waals surface area contributed by atoms with Gasteiger partial charge in [-0.1, -0.05) is 12.1 Å². The first-order valence-electron chi connectivity index (χ1n) is 5.98. The zero-order valence-corrected chi connectivity index (χ0v) is 9.74. The Morgan fingerprint density at radius 1 is 1.33 bits per heavy atom. The number of phenolic OH excluding ortho intramolecular Hbond substituents is 1. The molecule has 1 N–H and O–H groups in total. The van der Waals surface area contributed by atoms with Crippen LogP contribution in [0.15, 0.2) is 24.3 Å². The molecule has 0 aromatic heterocycles. The van der Waals surface area contributed by atoms with Crippen molar-refractivity contribution >= 4 is 5.97 Å². The van der Waals surface area contributed by atoms with Gasteiger partial charge in [-0.15, -0.1) is 0 Å². The lowest BCUT2D eigenvalue weighted by atomic mass is 10.1. The van der Waals surface area contributed by atoms with E-state index in [4.69, 9.17) is 14.2 Å². The minimum absolute atomic E-state index is 0.0344.